The monoisotopic (exact) mass is 214 g/mol. The minimum absolute atomic E-state index is 0.118. The maximum atomic E-state index is 13.2. The third-order valence-electron chi connectivity index (χ3n) is 2.40. The first kappa shape index (κ1) is 9.90. The molecule has 1 saturated heterocycles. The third kappa shape index (κ3) is 1.90. The summed E-state index contributed by atoms with van der Waals surface area (Å²) < 4.78 is 13.2. The lowest BCUT2D eigenvalue weighted by atomic mass is 10.1. The number of piperazine rings is 1. The standard InChI is InChI=1S/C10H12ClFN2/c11-10-7(2-1-3-8(10)12)9-6-13-4-5-14-9/h1-3,9,13-14H,4-6H2/t9-/m1/s1. The van der Waals surface area contributed by atoms with Crippen LogP contribution in [0.15, 0.2) is 18.2 Å². The number of rotatable bonds is 1. The van der Waals surface area contributed by atoms with Crippen LogP contribution < -0.4 is 10.6 Å². The van der Waals surface area contributed by atoms with Crippen molar-refractivity contribution in [3.05, 3.63) is 34.6 Å². The SMILES string of the molecule is Fc1cccc([C@H]2CNCCN2)c1Cl. The molecule has 1 aliphatic heterocycles. The van der Waals surface area contributed by atoms with E-state index >= 15 is 0 Å². The molecule has 2 N–H and O–H groups in total. The fourth-order valence-corrected chi connectivity index (χ4v) is 1.92. The van der Waals surface area contributed by atoms with Gasteiger partial charge in [-0.25, -0.2) is 4.39 Å². The minimum Gasteiger partial charge on any atom is -0.314 e. The van der Waals surface area contributed by atoms with Gasteiger partial charge in [-0.15, -0.1) is 0 Å². The molecule has 1 heterocycles. The summed E-state index contributed by atoms with van der Waals surface area (Å²) in [5.41, 5.74) is 0.832. The van der Waals surface area contributed by atoms with E-state index < -0.39 is 0 Å². The van der Waals surface area contributed by atoms with E-state index in [1.54, 1.807) is 6.07 Å². The van der Waals surface area contributed by atoms with E-state index in [-0.39, 0.29) is 16.9 Å². The van der Waals surface area contributed by atoms with Crippen LogP contribution in [-0.2, 0) is 0 Å². The van der Waals surface area contributed by atoms with E-state index in [2.05, 4.69) is 10.6 Å². The van der Waals surface area contributed by atoms with Gasteiger partial charge in [0.2, 0.25) is 0 Å². The van der Waals surface area contributed by atoms with Crippen LogP contribution in [0.25, 0.3) is 0 Å². The van der Waals surface area contributed by atoms with Crippen LogP contribution in [0, 0.1) is 5.82 Å². The van der Waals surface area contributed by atoms with Crippen molar-refractivity contribution in [3.8, 4) is 0 Å². The molecule has 0 aromatic heterocycles. The number of hydrogen-bond donors (Lipinski definition) is 2. The molecule has 0 saturated carbocycles. The molecule has 2 rings (SSSR count). The second-order valence-electron chi connectivity index (χ2n) is 3.35. The quantitative estimate of drug-likeness (QED) is 0.744. The van der Waals surface area contributed by atoms with Crippen LogP contribution in [-0.4, -0.2) is 19.6 Å². The van der Waals surface area contributed by atoms with Crippen LogP contribution in [0.4, 0.5) is 4.39 Å². The summed E-state index contributed by atoms with van der Waals surface area (Å²) in [5, 5.41) is 6.76. The van der Waals surface area contributed by atoms with Crippen LogP contribution in [0.1, 0.15) is 11.6 Å². The molecular weight excluding hydrogens is 203 g/mol. The predicted molar refractivity (Wildman–Crippen MR) is 55.0 cm³/mol. The molecule has 2 nitrogen and oxygen atoms in total. The Morgan fingerprint density at radius 2 is 2.21 bits per heavy atom. The van der Waals surface area contributed by atoms with Crippen molar-refractivity contribution >= 4 is 11.6 Å². The summed E-state index contributed by atoms with van der Waals surface area (Å²) >= 11 is 5.88. The molecule has 14 heavy (non-hydrogen) atoms. The summed E-state index contributed by atoms with van der Waals surface area (Å²) in [6.07, 6.45) is 0. The molecule has 1 fully saturated rings. The molecule has 0 aliphatic carbocycles. The smallest absolute Gasteiger partial charge is 0.142 e. The van der Waals surface area contributed by atoms with Gasteiger partial charge in [0.15, 0.2) is 0 Å². The van der Waals surface area contributed by atoms with Gasteiger partial charge in [-0.3, -0.25) is 0 Å². The van der Waals surface area contributed by atoms with E-state index in [0.29, 0.717) is 0 Å². The summed E-state index contributed by atoms with van der Waals surface area (Å²) in [5.74, 6) is -0.350. The van der Waals surface area contributed by atoms with Crippen molar-refractivity contribution < 1.29 is 4.39 Å². The zero-order valence-corrected chi connectivity index (χ0v) is 8.44. The second kappa shape index (κ2) is 4.26. The van der Waals surface area contributed by atoms with Crippen molar-refractivity contribution in [3.63, 3.8) is 0 Å². The number of hydrogen-bond acceptors (Lipinski definition) is 2. The van der Waals surface area contributed by atoms with E-state index in [9.17, 15) is 4.39 Å². The molecule has 1 aromatic carbocycles. The van der Waals surface area contributed by atoms with Crippen LogP contribution in [0.5, 0.6) is 0 Å². The maximum Gasteiger partial charge on any atom is 0.142 e. The zero-order valence-electron chi connectivity index (χ0n) is 7.69. The molecule has 0 spiro atoms. The van der Waals surface area contributed by atoms with Gasteiger partial charge < -0.3 is 10.6 Å². The highest BCUT2D eigenvalue weighted by molar-refractivity contribution is 6.31. The predicted octanol–water partition coefficient (Wildman–Crippen LogP) is 1.71. The molecule has 1 atom stereocenters. The lowest BCUT2D eigenvalue weighted by Crippen LogP contribution is -2.42. The molecule has 0 bridgehead atoms. The van der Waals surface area contributed by atoms with Crippen molar-refractivity contribution in [1.29, 1.82) is 0 Å². The van der Waals surface area contributed by atoms with E-state index in [0.717, 1.165) is 25.2 Å². The maximum absolute atomic E-state index is 13.2. The Balaban J connectivity index is 2.26. The highest BCUT2D eigenvalue weighted by atomic mass is 35.5. The van der Waals surface area contributed by atoms with Crippen LogP contribution in [0.2, 0.25) is 5.02 Å². The van der Waals surface area contributed by atoms with Gasteiger partial charge in [-0.05, 0) is 11.6 Å². The highest BCUT2D eigenvalue weighted by Crippen LogP contribution is 2.25. The molecule has 1 aliphatic rings. The zero-order chi connectivity index (χ0) is 9.97. The molecule has 0 radical (unpaired) electrons. The summed E-state index contributed by atoms with van der Waals surface area (Å²) in [6, 6.07) is 5.04. The van der Waals surface area contributed by atoms with Gasteiger partial charge in [0.1, 0.15) is 5.82 Å². The molecule has 1 aromatic rings. The Morgan fingerprint density at radius 3 is 2.93 bits per heavy atom. The van der Waals surface area contributed by atoms with Crippen LogP contribution in [0.3, 0.4) is 0 Å². The Kier molecular flexibility index (Phi) is 3.01. The average Bonchev–Trinajstić information content (AvgIpc) is 2.23. The fraction of sp³-hybridized carbons (Fsp3) is 0.400. The van der Waals surface area contributed by atoms with Gasteiger partial charge in [-0.1, -0.05) is 23.7 Å². The summed E-state index contributed by atoms with van der Waals surface area (Å²) in [7, 11) is 0. The largest absolute Gasteiger partial charge is 0.314 e. The van der Waals surface area contributed by atoms with Crippen LogP contribution >= 0.6 is 11.6 Å². The van der Waals surface area contributed by atoms with Crippen molar-refractivity contribution in [2.24, 2.45) is 0 Å². The van der Waals surface area contributed by atoms with E-state index in [4.69, 9.17) is 11.6 Å². The van der Waals surface area contributed by atoms with E-state index in [1.165, 1.54) is 6.07 Å². The molecule has 76 valence electrons. The lowest BCUT2D eigenvalue weighted by Gasteiger charge is -2.25. The highest BCUT2D eigenvalue weighted by Gasteiger charge is 2.18. The Morgan fingerprint density at radius 1 is 1.36 bits per heavy atom. The summed E-state index contributed by atoms with van der Waals surface area (Å²) in [6.45, 7) is 2.63. The van der Waals surface area contributed by atoms with Crippen molar-refractivity contribution in [2.45, 2.75) is 6.04 Å². The minimum atomic E-state index is -0.350. The first-order valence-corrected chi connectivity index (χ1v) is 5.05. The van der Waals surface area contributed by atoms with Crippen molar-refractivity contribution in [2.75, 3.05) is 19.6 Å². The molecular formula is C10H12ClFN2. The molecule has 0 amide bonds. The second-order valence-corrected chi connectivity index (χ2v) is 3.73. The van der Waals surface area contributed by atoms with E-state index in [1.807, 2.05) is 6.07 Å². The number of benzene rings is 1. The molecule has 4 heteroatoms. The van der Waals surface area contributed by atoms with Crippen molar-refractivity contribution in [1.82, 2.24) is 10.6 Å². The van der Waals surface area contributed by atoms with Gasteiger partial charge in [0.05, 0.1) is 5.02 Å². The average molecular weight is 215 g/mol. The fourth-order valence-electron chi connectivity index (χ4n) is 1.66. The molecule has 0 unspecified atom stereocenters. The summed E-state index contributed by atoms with van der Waals surface area (Å²) in [4.78, 5) is 0. The third-order valence-corrected chi connectivity index (χ3v) is 2.80. The number of nitrogens with one attached hydrogen (secondary N) is 2. The Bertz CT molecular complexity index is 324. The lowest BCUT2D eigenvalue weighted by molar-refractivity contribution is 0.429. The topological polar surface area (TPSA) is 24.1 Å². The first-order chi connectivity index (χ1) is 6.79. The first-order valence-electron chi connectivity index (χ1n) is 4.67. The van der Waals surface area contributed by atoms with Gasteiger partial charge in [0.25, 0.3) is 0 Å². The Hall–Kier alpha value is -0.640. The number of halogens is 2. The normalized spacial score (nSPS) is 22.3. The van der Waals surface area contributed by atoms with Gasteiger partial charge in [-0.2, -0.15) is 0 Å². The van der Waals surface area contributed by atoms with Gasteiger partial charge >= 0.3 is 0 Å². The Labute approximate surface area is 87.5 Å². The van der Waals surface area contributed by atoms with Gasteiger partial charge in [0, 0.05) is 25.7 Å².